The fourth-order valence-corrected chi connectivity index (χ4v) is 3.13. The Bertz CT molecular complexity index is 261. The van der Waals surface area contributed by atoms with E-state index in [2.05, 4.69) is 16.8 Å². The number of carbonyl (C=O) groups excluding carboxylic acids is 1. The third-order valence-electron chi connectivity index (χ3n) is 4.18. The third-order valence-corrected chi connectivity index (χ3v) is 4.18. The molecule has 0 spiro atoms. The molecule has 1 amide bonds. The Hall–Kier alpha value is -0.570. The molecule has 3 fully saturated rings. The average Bonchev–Trinajstić information content (AvgIpc) is 2.78. The Morgan fingerprint density at radius 3 is 2.27 bits per heavy atom. The van der Waals surface area contributed by atoms with Crippen LogP contribution in [0.15, 0.2) is 0 Å². The fraction of sp³-hybridized carbons (Fsp3) is 0.917. The summed E-state index contributed by atoms with van der Waals surface area (Å²) in [5.41, 5.74) is 0. The molecule has 0 aromatic carbocycles. The lowest BCUT2D eigenvalue weighted by atomic mass is 10.0. The minimum absolute atomic E-state index is 0.426. The zero-order valence-electron chi connectivity index (χ0n) is 9.48. The number of carbonyl (C=O) groups is 1. The zero-order valence-corrected chi connectivity index (χ0v) is 9.48. The van der Waals surface area contributed by atoms with Gasteiger partial charge in [-0.05, 0) is 37.6 Å². The maximum atomic E-state index is 11.9. The van der Waals surface area contributed by atoms with Crippen molar-refractivity contribution in [2.75, 3.05) is 33.2 Å². The number of nitrogens with zero attached hydrogens (tertiary/aromatic N) is 2. The lowest BCUT2D eigenvalue weighted by Crippen LogP contribution is -2.32. The van der Waals surface area contributed by atoms with Crippen LogP contribution in [0.3, 0.4) is 0 Å². The molecule has 2 aliphatic heterocycles. The lowest BCUT2D eigenvalue weighted by molar-refractivity contribution is -0.130. The Kier molecular flexibility index (Phi) is 2.23. The minimum atomic E-state index is 0.426. The molecule has 0 N–H and O–H groups in total. The van der Waals surface area contributed by atoms with E-state index in [-0.39, 0.29) is 0 Å². The fourth-order valence-electron chi connectivity index (χ4n) is 3.13. The number of rotatable bonds is 2. The van der Waals surface area contributed by atoms with Gasteiger partial charge in [-0.25, -0.2) is 0 Å². The van der Waals surface area contributed by atoms with E-state index >= 15 is 0 Å². The number of fused-ring (bicyclic) bond motifs is 1. The molecule has 2 saturated heterocycles. The summed E-state index contributed by atoms with van der Waals surface area (Å²) in [4.78, 5) is 16.4. The summed E-state index contributed by atoms with van der Waals surface area (Å²) in [7, 11) is 2.19. The van der Waals surface area contributed by atoms with Crippen molar-refractivity contribution < 1.29 is 4.79 Å². The van der Waals surface area contributed by atoms with Crippen LogP contribution < -0.4 is 0 Å². The van der Waals surface area contributed by atoms with Crippen LogP contribution in [0.25, 0.3) is 0 Å². The smallest absolute Gasteiger partial charge is 0.222 e. The highest BCUT2D eigenvalue weighted by atomic mass is 16.2. The first-order valence-corrected chi connectivity index (χ1v) is 6.18. The van der Waals surface area contributed by atoms with Gasteiger partial charge in [0.15, 0.2) is 0 Å². The predicted molar refractivity (Wildman–Crippen MR) is 58.4 cm³/mol. The van der Waals surface area contributed by atoms with Gasteiger partial charge in [0.2, 0.25) is 5.91 Å². The number of hydrogen-bond donors (Lipinski definition) is 0. The highest BCUT2D eigenvalue weighted by molar-refractivity contribution is 5.77. The molecule has 3 nitrogen and oxygen atoms in total. The van der Waals surface area contributed by atoms with Crippen molar-refractivity contribution >= 4 is 5.91 Å². The average molecular weight is 208 g/mol. The third kappa shape index (κ3) is 1.89. The lowest BCUT2D eigenvalue weighted by Gasteiger charge is -2.19. The zero-order chi connectivity index (χ0) is 10.4. The second kappa shape index (κ2) is 3.48. The van der Waals surface area contributed by atoms with Gasteiger partial charge in [-0.3, -0.25) is 4.79 Å². The summed E-state index contributed by atoms with van der Waals surface area (Å²) in [6.07, 6.45) is 3.40. The van der Waals surface area contributed by atoms with Crippen molar-refractivity contribution in [3.05, 3.63) is 0 Å². The van der Waals surface area contributed by atoms with Crippen molar-refractivity contribution in [2.45, 2.75) is 19.3 Å². The molecule has 1 aliphatic carbocycles. The number of hydrogen-bond acceptors (Lipinski definition) is 2. The van der Waals surface area contributed by atoms with Crippen molar-refractivity contribution in [1.29, 1.82) is 0 Å². The van der Waals surface area contributed by atoms with E-state index in [4.69, 9.17) is 0 Å². The van der Waals surface area contributed by atoms with Crippen LogP contribution >= 0.6 is 0 Å². The first-order chi connectivity index (χ1) is 7.22. The summed E-state index contributed by atoms with van der Waals surface area (Å²) in [5, 5.41) is 0. The van der Waals surface area contributed by atoms with Crippen LogP contribution in [0, 0.1) is 17.8 Å². The summed E-state index contributed by atoms with van der Waals surface area (Å²) in [5.74, 6) is 2.69. The molecule has 2 unspecified atom stereocenters. The Balaban J connectivity index is 1.55. The van der Waals surface area contributed by atoms with E-state index in [1.54, 1.807) is 0 Å². The van der Waals surface area contributed by atoms with Gasteiger partial charge < -0.3 is 9.80 Å². The number of likely N-dealkylation sites (tertiary alicyclic amines) is 2. The molecule has 15 heavy (non-hydrogen) atoms. The van der Waals surface area contributed by atoms with E-state index in [1.165, 1.54) is 25.9 Å². The van der Waals surface area contributed by atoms with E-state index < -0.39 is 0 Å². The largest absolute Gasteiger partial charge is 0.342 e. The molecule has 0 radical (unpaired) electrons. The van der Waals surface area contributed by atoms with Gasteiger partial charge >= 0.3 is 0 Å². The predicted octanol–water partition coefficient (Wildman–Crippen LogP) is 0.806. The molecular formula is C12H20N2O. The second-order valence-corrected chi connectivity index (χ2v) is 5.69. The summed E-state index contributed by atoms with van der Waals surface area (Å²) < 4.78 is 0. The molecule has 2 heterocycles. The van der Waals surface area contributed by atoms with E-state index in [9.17, 15) is 4.79 Å². The summed E-state index contributed by atoms with van der Waals surface area (Å²) >= 11 is 0. The van der Waals surface area contributed by atoms with Crippen LogP contribution in [-0.2, 0) is 4.79 Å². The van der Waals surface area contributed by atoms with Gasteiger partial charge in [-0.1, -0.05) is 0 Å². The molecule has 2 atom stereocenters. The van der Waals surface area contributed by atoms with Gasteiger partial charge in [0, 0.05) is 32.6 Å². The van der Waals surface area contributed by atoms with Crippen molar-refractivity contribution in [1.82, 2.24) is 9.80 Å². The summed E-state index contributed by atoms with van der Waals surface area (Å²) in [6.45, 7) is 4.44. The Labute approximate surface area is 91.4 Å². The van der Waals surface area contributed by atoms with Crippen LogP contribution in [0.2, 0.25) is 0 Å². The molecule has 0 aromatic heterocycles. The maximum absolute atomic E-state index is 11.9. The standard InChI is InChI=1S/C12H20N2O/c1-13-5-10-7-14(8-11(10)6-13)12(15)4-9-2-3-9/h9-11H,2-8H2,1H3. The molecule has 0 aromatic rings. The second-order valence-electron chi connectivity index (χ2n) is 5.69. The number of amides is 1. The van der Waals surface area contributed by atoms with Crippen LogP contribution in [0.5, 0.6) is 0 Å². The topological polar surface area (TPSA) is 23.6 Å². The van der Waals surface area contributed by atoms with Gasteiger partial charge in [0.05, 0.1) is 0 Å². The molecular weight excluding hydrogens is 188 g/mol. The van der Waals surface area contributed by atoms with Crippen molar-refractivity contribution in [3.63, 3.8) is 0 Å². The quantitative estimate of drug-likeness (QED) is 0.670. The first-order valence-electron chi connectivity index (χ1n) is 6.18. The van der Waals surface area contributed by atoms with Gasteiger partial charge in [0.25, 0.3) is 0 Å². The van der Waals surface area contributed by atoms with Gasteiger partial charge in [0.1, 0.15) is 0 Å². The van der Waals surface area contributed by atoms with Crippen molar-refractivity contribution in [3.8, 4) is 0 Å². The molecule has 3 heteroatoms. The minimum Gasteiger partial charge on any atom is -0.342 e. The van der Waals surface area contributed by atoms with Crippen LogP contribution in [-0.4, -0.2) is 48.9 Å². The maximum Gasteiger partial charge on any atom is 0.222 e. The Morgan fingerprint density at radius 1 is 1.13 bits per heavy atom. The highest BCUT2D eigenvalue weighted by Gasteiger charge is 2.40. The molecule has 3 aliphatic rings. The molecule has 84 valence electrons. The monoisotopic (exact) mass is 208 g/mol. The molecule has 1 saturated carbocycles. The summed E-state index contributed by atoms with van der Waals surface area (Å²) in [6, 6.07) is 0. The first kappa shape index (κ1) is 9.64. The molecule has 3 rings (SSSR count). The SMILES string of the molecule is CN1CC2CN(C(=O)CC3CC3)CC2C1. The van der Waals surface area contributed by atoms with Crippen molar-refractivity contribution in [2.24, 2.45) is 17.8 Å². The Morgan fingerprint density at radius 2 is 1.73 bits per heavy atom. The van der Waals surface area contributed by atoms with E-state index in [0.29, 0.717) is 5.91 Å². The van der Waals surface area contributed by atoms with Crippen LogP contribution in [0.1, 0.15) is 19.3 Å². The normalized spacial score (nSPS) is 35.9. The van der Waals surface area contributed by atoms with Gasteiger partial charge in [-0.2, -0.15) is 0 Å². The molecule has 0 bridgehead atoms. The van der Waals surface area contributed by atoms with E-state index in [1.807, 2.05) is 0 Å². The van der Waals surface area contributed by atoms with E-state index in [0.717, 1.165) is 37.3 Å². The van der Waals surface area contributed by atoms with Crippen LogP contribution in [0.4, 0.5) is 0 Å². The highest BCUT2D eigenvalue weighted by Crippen LogP contribution is 2.35. The van der Waals surface area contributed by atoms with Gasteiger partial charge in [-0.15, -0.1) is 0 Å².